The molecule has 0 aliphatic carbocycles. The van der Waals surface area contributed by atoms with E-state index in [1.54, 1.807) is 17.7 Å². The van der Waals surface area contributed by atoms with Gasteiger partial charge in [0.15, 0.2) is 5.76 Å². The van der Waals surface area contributed by atoms with Gasteiger partial charge in [0.05, 0.1) is 17.7 Å². The largest absolute Gasteiger partial charge is 0.360 e. The maximum Gasteiger partial charge on any atom is 0.333 e. The van der Waals surface area contributed by atoms with Gasteiger partial charge >= 0.3 is 5.69 Å². The molecule has 0 unspecified atom stereocenters. The highest BCUT2D eigenvalue weighted by Crippen LogP contribution is 2.30. The van der Waals surface area contributed by atoms with Crippen LogP contribution in [0.2, 0.25) is 0 Å². The summed E-state index contributed by atoms with van der Waals surface area (Å²) in [6.45, 7) is 5.76. The summed E-state index contributed by atoms with van der Waals surface area (Å²) in [5.74, 6) is 0.984. The van der Waals surface area contributed by atoms with Gasteiger partial charge in [-0.3, -0.25) is 10.1 Å². The van der Waals surface area contributed by atoms with Crippen molar-refractivity contribution in [2.75, 3.05) is 5.32 Å². The number of rotatable bonds is 5. The third kappa shape index (κ3) is 2.56. The quantitative estimate of drug-likeness (QED) is 0.657. The molecule has 8 nitrogen and oxygen atoms in total. The molecule has 0 aromatic carbocycles. The first-order valence-corrected chi connectivity index (χ1v) is 5.87. The number of hydrogen-bond acceptors (Lipinski definition) is 6. The van der Waals surface area contributed by atoms with Crippen molar-refractivity contribution in [3.8, 4) is 0 Å². The molecule has 2 aromatic rings. The third-order valence-corrected chi connectivity index (χ3v) is 2.65. The zero-order valence-electron chi connectivity index (χ0n) is 11.0. The molecule has 0 saturated heterocycles. The molecule has 0 spiro atoms. The van der Waals surface area contributed by atoms with Gasteiger partial charge in [0, 0.05) is 12.1 Å². The number of hydrogen-bond donors (Lipinski definition) is 1. The number of aromatic nitrogens is 3. The standard InChI is InChI=1S/C11H15N5O3/c1-7(2)15-11(10(16(17)18)8(3)14-15)12-6-9-4-5-13-19-9/h4-5,7,12H,6H2,1-3H3. The fourth-order valence-corrected chi connectivity index (χ4v) is 1.80. The monoisotopic (exact) mass is 265 g/mol. The zero-order valence-corrected chi connectivity index (χ0v) is 11.0. The number of nitro groups is 1. The average molecular weight is 265 g/mol. The molecule has 2 aromatic heterocycles. The van der Waals surface area contributed by atoms with Gasteiger partial charge in [-0.25, -0.2) is 4.68 Å². The molecule has 2 heterocycles. The summed E-state index contributed by atoms with van der Waals surface area (Å²) >= 11 is 0. The SMILES string of the molecule is Cc1nn(C(C)C)c(NCc2ccno2)c1[N+](=O)[O-]. The van der Waals surface area contributed by atoms with Crippen LogP contribution in [0.25, 0.3) is 0 Å². The molecular formula is C11H15N5O3. The Hall–Kier alpha value is -2.38. The minimum atomic E-state index is -0.427. The first-order valence-electron chi connectivity index (χ1n) is 5.87. The van der Waals surface area contributed by atoms with Crippen LogP contribution < -0.4 is 5.32 Å². The zero-order chi connectivity index (χ0) is 14.0. The Morgan fingerprint density at radius 2 is 2.32 bits per heavy atom. The fraction of sp³-hybridized carbons (Fsp3) is 0.455. The van der Waals surface area contributed by atoms with Crippen LogP contribution in [-0.2, 0) is 6.54 Å². The maximum absolute atomic E-state index is 11.1. The second-order valence-electron chi connectivity index (χ2n) is 4.41. The van der Waals surface area contributed by atoms with Crippen LogP contribution in [0.3, 0.4) is 0 Å². The summed E-state index contributed by atoms with van der Waals surface area (Å²) < 4.78 is 6.55. The van der Waals surface area contributed by atoms with Crippen molar-refractivity contribution < 1.29 is 9.45 Å². The summed E-state index contributed by atoms with van der Waals surface area (Å²) in [5, 5.41) is 21.9. The lowest BCUT2D eigenvalue weighted by molar-refractivity contribution is -0.384. The molecule has 0 saturated carbocycles. The molecule has 102 valence electrons. The van der Waals surface area contributed by atoms with E-state index in [9.17, 15) is 10.1 Å². The average Bonchev–Trinajstić information content (AvgIpc) is 2.92. The van der Waals surface area contributed by atoms with Gasteiger partial charge in [0.2, 0.25) is 5.82 Å². The Bertz CT molecular complexity index is 573. The molecule has 0 fully saturated rings. The lowest BCUT2D eigenvalue weighted by atomic mass is 10.3. The Morgan fingerprint density at radius 3 is 2.84 bits per heavy atom. The van der Waals surface area contributed by atoms with Crippen LogP contribution in [0.15, 0.2) is 16.8 Å². The van der Waals surface area contributed by atoms with Gasteiger partial charge in [-0.1, -0.05) is 5.16 Å². The highest BCUT2D eigenvalue weighted by Gasteiger charge is 2.26. The van der Waals surface area contributed by atoms with Gasteiger partial charge in [-0.15, -0.1) is 0 Å². The van der Waals surface area contributed by atoms with Crippen LogP contribution in [0.5, 0.6) is 0 Å². The Kier molecular flexibility index (Phi) is 3.50. The van der Waals surface area contributed by atoms with E-state index in [4.69, 9.17) is 4.52 Å². The van der Waals surface area contributed by atoms with Crippen molar-refractivity contribution in [1.82, 2.24) is 14.9 Å². The number of nitrogens with one attached hydrogen (secondary N) is 1. The van der Waals surface area contributed by atoms with E-state index in [0.717, 1.165) is 0 Å². The van der Waals surface area contributed by atoms with E-state index < -0.39 is 4.92 Å². The number of nitrogens with zero attached hydrogens (tertiary/aromatic N) is 4. The highest BCUT2D eigenvalue weighted by atomic mass is 16.6. The molecule has 0 aliphatic rings. The van der Waals surface area contributed by atoms with Gasteiger partial charge in [-0.05, 0) is 20.8 Å². The smallest absolute Gasteiger partial charge is 0.333 e. The van der Waals surface area contributed by atoms with Crippen molar-refractivity contribution in [2.24, 2.45) is 0 Å². The van der Waals surface area contributed by atoms with Gasteiger partial charge in [-0.2, -0.15) is 5.10 Å². The Balaban J connectivity index is 2.32. The van der Waals surface area contributed by atoms with Crippen LogP contribution >= 0.6 is 0 Å². The summed E-state index contributed by atoms with van der Waals surface area (Å²) in [5.41, 5.74) is 0.381. The fourth-order valence-electron chi connectivity index (χ4n) is 1.80. The predicted octanol–water partition coefficient (Wildman–Crippen LogP) is 2.28. The van der Waals surface area contributed by atoms with Crippen LogP contribution in [0, 0.1) is 17.0 Å². The van der Waals surface area contributed by atoms with Crippen molar-refractivity contribution in [3.63, 3.8) is 0 Å². The molecule has 19 heavy (non-hydrogen) atoms. The van der Waals surface area contributed by atoms with Gasteiger partial charge in [0.25, 0.3) is 0 Å². The van der Waals surface area contributed by atoms with E-state index in [-0.39, 0.29) is 11.7 Å². The van der Waals surface area contributed by atoms with Gasteiger partial charge in [0.1, 0.15) is 5.69 Å². The lowest BCUT2D eigenvalue weighted by Gasteiger charge is -2.10. The van der Waals surface area contributed by atoms with E-state index in [1.165, 1.54) is 6.20 Å². The summed E-state index contributed by atoms with van der Waals surface area (Å²) in [6, 6.07) is 1.71. The Morgan fingerprint density at radius 1 is 1.58 bits per heavy atom. The molecular weight excluding hydrogens is 250 g/mol. The van der Waals surface area contributed by atoms with E-state index in [0.29, 0.717) is 23.8 Å². The molecule has 1 N–H and O–H groups in total. The van der Waals surface area contributed by atoms with Crippen LogP contribution in [-0.4, -0.2) is 19.9 Å². The van der Waals surface area contributed by atoms with E-state index in [2.05, 4.69) is 15.6 Å². The summed E-state index contributed by atoms with van der Waals surface area (Å²) in [7, 11) is 0. The Labute approximate surface area is 109 Å². The molecule has 2 rings (SSSR count). The van der Waals surface area contributed by atoms with Crippen LogP contribution in [0.1, 0.15) is 31.3 Å². The molecule has 0 aliphatic heterocycles. The molecule has 0 amide bonds. The van der Waals surface area contributed by atoms with Crippen molar-refractivity contribution in [1.29, 1.82) is 0 Å². The summed E-state index contributed by atoms with van der Waals surface area (Å²) in [4.78, 5) is 10.7. The molecule has 0 atom stereocenters. The second-order valence-corrected chi connectivity index (χ2v) is 4.41. The lowest BCUT2D eigenvalue weighted by Crippen LogP contribution is -2.10. The van der Waals surface area contributed by atoms with Gasteiger partial charge < -0.3 is 9.84 Å². The molecule has 0 radical (unpaired) electrons. The van der Waals surface area contributed by atoms with Crippen molar-refractivity contribution in [3.05, 3.63) is 33.8 Å². The highest BCUT2D eigenvalue weighted by molar-refractivity contribution is 5.59. The van der Waals surface area contributed by atoms with E-state index >= 15 is 0 Å². The first-order chi connectivity index (χ1) is 9.00. The third-order valence-electron chi connectivity index (χ3n) is 2.65. The first kappa shape index (κ1) is 13.1. The normalized spacial score (nSPS) is 10.9. The van der Waals surface area contributed by atoms with Crippen molar-refractivity contribution in [2.45, 2.75) is 33.4 Å². The predicted molar refractivity (Wildman–Crippen MR) is 67.8 cm³/mol. The van der Waals surface area contributed by atoms with Crippen LogP contribution in [0.4, 0.5) is 11.5 Å². The van der Waals surface area contributed by atoms with Crippen molar-refractivity contribution >= 4 is 11.5 Å². The minimum absolute atomic E-state index is 0.00628. The van der Waals surface area contributed by atoms with E-state index in [1.807, 2.05) is 13.8 Å². The number of aryl methyl sites for hydroxylation is 1. The number of anilines is 1. The maximum atomic E-state index is 11.1. The molecule has 0 bridgehead atoms. The molecule has 8 heteroatoms. The minimum Gasteiger partial charge on any atom is -0.360 e. The topological polar surface area (TPSA) is 99.0 Å². The summed E-state index contributed by atoms with van der Waals surface area (Å²) in [6.07, 6.45) is 1.52. The second kappa shape index (κ2) is 5.09.